The first-order chi connectivity index (χ1) is 19.3. The maximum Gasteiger partial charge on any atom is 0.322 e. The lowest BCUT2D eigenvalue weighted by molar-refractivity contribution is 0.0648. The molecule has 1 aromatic carbocycles. The summed E-state index contributed by atoms with van der Waals surface area (Å²) >= 11 is 0. The average molecular weight is 575 g/mol. The second-order valence-electron chi connectivity index (χ2n) is 9.22. The highest BCUT2D eigenvalue weighted by Crippen LogP contribution is 2.41. The molecule has 12 nitrogen and oxygen atoms in total. The predicted octanol–water partition coefficient (Wildman–Crippen LogP) is 4.18. The minimum atomic E-state index is -4.20. The van der Waals surface area contributed by atoms with Crippen molar-refractivity contribution in [1.82, 2.24) is 15.0 Å². The van der Waals surface area contributed by atoms with Gasteiger partial charge in [-0.1, -0.05) is 32.0 Å². The Hall–Kier alpha value is -3.68. The fraction of sp³-hybridized carbons (Fsp3) is 0.444. The van der Waals surface area contributed by atoms with Gasteiger partial charge in [0.2, 0.25) is 5.75 Å². The molecule has 13 heteroatoms. The summed E-state index contributed by atoms with van der Waals surface area (Å²) in [5.74, 6) is 0.575. The fourth-order valence-corrected chi connectivity index (χ4v) is 4.72. The zero-order chi connectivity index (χ0) is 28.5. The highest BCUT2D eigenvalue weighted by molar-refractivity contribution is 7.92. The number of nitrogens with one attached hydrogen (secondary N) is 1. The van der Waals surface area contributed by atoms with Crippen LogP contribution >= 0.6 is 0 Å². The largest absolute Gasteiger partial charge is 0.493 e. The summed E-state index contributed by atoms with van der Waals surface area (Å²) < 4.78 is 63.2. The Morgan fingerprint density at radius 2 is 1.85 bits per heavy atom. The standard InChI is InChI=1S/C27H34N4O8S/c1-18(2)19-11-12-23(28-16-19)40(32,33)31-25-24(39-22-10-6-5-9-21(22)35-4)26(38-17-20-8-7-13-36-20)30-27(29-25)37-15-14-34-3/h5-6,9-12,16,18,20H,7-8,13-15,17H2,1-4H3,(H,29,30,31). The van der Waals surface area contributed by atoms with Crippen LogP contribution in [0.2, 0.25) is 0 Å². The van der Waals surface area contributed by atoms with E-state index in [-0.39, 0.29) is 60.3 Å². The summed E-state index contributed by atoms with van der Waals surface area (Å²) in [5.41, 5.74) is 0.903. The van der Waals surface area contributed by atoms with Gasteiger partial charge in [-0.3, -0.25) is 4.72 Å². The van der Waals surface area contributed by atoms with E-state index < -0.39 is 10.0 Å². The van der Waals surface area contributed by atoms with Gasteiger partial charge in [0.15, 0.2) is 22.3 Å². The molecular formula is C27H34N4O8S. The van der Waals surface area contributed by atoms with Crippen LogP contribution in [0.25, 0.3) is 0 Å². The van der Waals surface area contributed by atoms with Crippen LogP contribution < -0.4 is 23.7 Å². The first-order valence-electron chi connectivity index (χ1n) is 12.9. The number of benzene rings is 1. The zero-order valence-electron chi connectivity index (χ0n) is 23.0. The quantitative estimate of drug-likeness (QED) is 0.277. The van der Waals surface area contributed by atoms with Crippen LogP contribution in [-0.2, 0) is 19.5 Å². The number of anilines is 1. The van der Waals surface area contributed by atoms with Crippen molar-refractivity contribution in [2.75, 3.05) is 45.4 Å². The van der Waals surface area contributed by atoms with E-state index in [1.165, 1.54) is 26.5 Å². The number of ether oxygens (including phenoxy) is 6. The molecule has 1 fully saturated rings. The number of methoxy groups -OCH3 is 2. The molecule has 0 radical (unpaired) electrons. The number of rotatable bonds is 14. The second kappa shape index (κ2) is 13.6. The molecule has 0 saturated carbocycles. The van der Waals surface area contributed by atoms with Gasteiger partial charge in [-0.25, -0.2) is 4.98 Å². The minimum Gasteiger partial charge on any atom is -0.493 e. The smallest absolute Gasteiger partial charge is 0.322 e. The van der Waals surface area contributed by atoms with Gasteiger partial charge in [0.05, 0.1) is 19.8 Å². The van der Waals surface area contributed by atoms with Crippen molar-refractivity contribution < 1.29 is 36.8 Å². The average Bonchev–Trinajstić information content (AvgIpc) is 3.47. The Balaban J connectivity index is 1.76. The van der Waals surface area contributed by atoms with E-state index in [9.17, 15) is 8.42 Å². The first-order valence-corrected chi connectivity index (χ1v) is 14.4. The third-order valence-corrected chi connectivity index (χ3v) is 7.23. The molecule has 1 aliphatic heterocycles. The molecule has 3 heterocycles. The Morgan fingerprint density at radius 1 is 1.05 bits per heavy atom. The van der Waals surface area contributed by atoms with Gasteiger partial charge in [0, 0.05) is 19.9 Å². The van der Waals surface area contributed by atoms with Gasteiger partial charge < -0.3 is 28.4 Å². The lowest BCUT2D eigenvalue weighted by atomic mass is 10.1. The normalized spacial score (nSPS) is 15.2. The lowest BCUT2D eigenvalue weighted by Gasteiger charge is -2.19. The monoisotopic (exact) mass is 574 g/mol. The van der Waals surface area contributed by atoms with Gasteiger partial charge in [0.25, 0.3) is 15.9 Å². The number of sulfonamides is 1. The molecule has 1 atom stereocenters. The third-order valence-electron chi connectivity index (χ3n) is 5.98. The predicted molar refractivity (Wildman–Crippen MR) is 146 cm³/mol. The Bertz CT molecular complexity index is 1360. The van der Waals surface area contributed by atoms with E-state index in [1.54, 1.807) is 30.3 Å². The highest BCUT2D eigenvalue weighted by atomic mass is 32.2. The number of para-hydroxylation sites is 2. The fourth-order valence-electron chi connectivity index (χ4n) is 3.78. The Labute approximate surface area is 234 Å². The molecule has 0 aliphatic carbocycles. The van der Waals surface area contributed by atoms with Crippen molar-refractivity contribution in [3.05, 3.63) is 48.2 Å². The number of nitrogens with zero attached hydrogens (tertiary/aromatic N) is 3. The Kier molecular flexibility index (Phi) is 9.96. The van der Waals surface area contributed by atoms with Crippen LogP contribution in [-0.4, -0.2) is 70.1 Å². The maximum absolute atomic E-state index is 13.4. The van der Waals surface area contributed by atoms with Crippen LogP contribution in [0.15, 0.2) is 47.6 Å². The molecule has 40 heavy (non-hydrogen) atoms. The van der Waals surface area contributed by atoms with Crippen LogP contribution in [0.5, 0.6) is 29.1 Å². The van der Waals surface area contributed by atoms with E-state index in [0.717, 1.165) is 18.4 Å². The summed E-state index contributed by atoms with van der Waals surface area (Å²) in [4.78, 5) is 12.8. The molecule has 2 aromatic heterocycles. The molecule has 3 aromatic rings. The van der Waals surface area contributed by atoms with Crippen molar-refractivity contribution in [2.24, 2.45) is 0 Å². The number of aromatic nitrogens is 3. The van der Waals surface area contributed by atoms with Gasteiger partial charge in [-0.15, -0.1) is 0 Å². The molecule has 4 rings (SSSR count). The first kappa shape index (κ1) is 29.3. The van der Waals surface area contributed by atoms with Gasteiger partial charge in [0.1, 0.15) is 13.2 Å². The van der Waals surface area contributed by atoms with Crippen molar-refractivity contribution in [3.8, 4) is 29.1 Å². The summed E-state index contributed by atoms with van der Waals surface area (Å²) in [6.07, 6.45) is 3.13. The number of hydrogen-bond donors (Lipinski definition) is 1. The van der Waals surface area contributed by atoms with E-state index in [1.807, 2.05) is 13.8 Å². The second-order valence-corrected chi connectivity index (χ2v) is 10.8. The molecular weight excluding hydrogens is 540 g/mol. The van der Waals surface area contributed by atoms with Crippen LogP contribution in [0.4, 0.5) is 5.82 Å². The molecule has 1 unspecified atom stereocenters. The molecule has 0 spiro atoms. The third kappa shape index (κ3) is 7.49. The zero-order valence-corrected chi connectivity index (χ0v) is 23.8. The molecule has 1 saturated heterocycles. The van der Waals surface area contributed by atoms with Crippen LogP contribution in [0, 0.1) is 0 Å². The van der Waals surface area contributed by atoms with Gasteiger partial charge in [-0.2, -0.15) is 18.4 Å². The lowest BCUT2D eigenvalue weighted by Crippen LogP contribution is -2.20. The summed E-state index contributed by atoms with van der Waals surface area (Å²) in [7, 11) is -1.17. The number of hydrogen-bond acceptors (Lipinski definition) is 11. The number of pyridine rings is 1. The van der Waals surface area contributed by atoms with E-state index in [0.29, 0.717) is 18.1 Å². The topological polar surface area (TPSA) is 140 Å². The molecule has 0 bridgehead atoms. The van der Waals surface area contributed by atoms with Crippen molar-refractivity contribution >= 4 is 15.8 Å². The van der Waals surface area contributed by atoms with Gasteiger partial charge in [-0.05, 0) is 42.5 Å². The Morgan fingerprint density at radius 3 is 2.50 bits per heavy atom. The molecule has 1 aliphatic rings. The summed E-state index contributed by atoms with van der Waals surface area (Å²) in [6.45, 7) is 5.19. The summed E-state index contributed by atoms with van der Waals surface area (Å²) in [6, 6.07) is 9.91. The van der Waals surface area contributed by atoms with Crippen LogP contribution in [0.1, 0.15) is 38.2 Å². The van der Waals surface area contributed by atoms with Crippen molar-refractivity contribution in [1.29, 1.82) is 0 Å². The molecule has 216 valence electrons. The van der Waals surface area contributed by atoms with Gasteiger partial charge >= 0.3 is 6.01 Å². The maximum atomic E-state index is 13.4. The summed E-state index contributed by atoms with van der Waals surface area (Å²) in [5, 5.41) is -0.192. The van der Waals surface area contributed by atoms with Crippen LogP contribution in [0.3, 0.4) is 0 Å². The van der Waals surface area contributed by atoms with Crippen molar-refractivity contribution in [3.63, 3.8) is 0 Å². The van der Waals surface area contributed by atoms with E-state index in [2.05, 4.69) is 19.7 Å². The SMILES string of the molecule is COCCOc1nc(NS(=O)(=O)c2ccc(C(C)C)cn2)c(Oc2ccccc2OC)c(OCC2CCCO2)n1. The van der Waals surface area contributed by atoms with E-state index >= 15 is 0 Å². The van der Waals surface area contributed by atoms with E-state index in [4.69, 9.17) is 28.4 Å². The molecule has 1 N–H and O–H groups in total. The molecule has 0 amide bonds. The van der Waals surface area contributed by atoms with Crippen molar-refractivity contribution in [2.45, 2.75) is 43.7 Å². The highest BCUT2D eigenvalue weighted by Gasteiger charge is 2.27. The minimum absolute atomic E-state index is 0.0374.